The van der Waals surface area contributed by atoms with Crippen LogP contribution in [0.15, 0.2) is 0 Å². The summed E-state index contributed by atoms with van der Waals surface area (Å²) in [6.45, 7) is 11.3. The minimum absolute atomic E-state index is 0. The van der Waals surface area contributed by atoms with Gasteiger partial charge in [-0.25, -0.2) is 0 Å². The fourth-order valence-electron chi connectivity index (χ4n) is 0.902. The van der Waals surface area contributed by atoms with Gasteiger partial charge in [0.2, 0.25) is 0 Å². The molecule has 0 aromatic rings. The van der Waals surface area contributed by atoms with Gasteiger partial charge in [0.05, 0.1) is 0 Å². The Morgan fingerprint density at radius 1 is 0.786 bits per heavy atom. The van der Waals surface area contributed by atoms with Gasteiger partial charge in [0, 0.05) is 0 Å². The molecule has 0 saturated heterocycles. The van der Waals surface area contributed by atoms with Crippen LogP contribution in [-0.2, 0) is 16.8 Å². The van der Waals surface area contributed by atoms with Crippen LogP contribution in [0.25, 0.3) is 0 Å². The number of hydrogen-bond donors (Lipinski definition) is 0. The second kappa shape index (κ2) is 5.49. The quantitative estimate of drug-likeness (QED) is 0.726. The first-order valence-electron chi connectivity index (χ1n) is 4.87. The molecular formula is C11H22CoO2. The molecule has 3 heteroatoms. The molecule has 0 fully saturated rings. The van der Waals surface area contributed by atoms with Crippen LogP contribution >= 0.6 is 0 Å². The normalized spacial score (nSPS) is 17.1. The van der Waals surface area contributed by atoms with E-state index in [9.17, 15) is 10.2 Å². The SMILES string of the molecule is CC(C)(C)C([O-])CC([O-])C(C)(C)C.[Co+2]. The van der Waals surface area contributed by atoms with E-state index in [1.54, 1.807) is 0 Å². The van der Waals surface area contributed by atoms with Gasteiger partial charge in [0.1, 0.15) is 0 Å². The second-order valence-corrected chi connectivity index (χ2v) is 5.95. The van der Waals surface area contributed by atoms with E-state index in [1.807, 2.05) is 41.5 Å². The fourth-order valence-corrected chi connectivity index (χ4v) is 0.902. The molecule has 87 valence electrons. The Balaban J connectivity index is 0. The molecule has 0 heterocycles. The van der Waals surface area contributed by atoms with E-state index in [1.165, 1.54) is 0 Å². The van der Waals surface area contributed by atoms with Crippen molar-refractivity contribution < 1.29 is 27.0 Å². The predicted octanol–water partition coefficient (Wildman–Crippen LogP) is 0.924. The summed E-state index contributed by atoms with van der Waals surface area (Å²) in [4.78, 5) is 0. The summed E-state index contributed by atoms with van der Waals surface area (Å²) in [6, 6.07) is 0. The van der Waals surface area contributed by atoms with Crippen LogP contribution in [0.4, 0.5) is 0 Å². The Kier molecular flexibility index (Phi) is 6.61. The maximum absolute atomic E-state index is 11.6. The van der Waals surface area contributed by atoms with Crippen molar-refractivity contribution in [3.05, 3.63) is 0 Å². The molecule has 0 aromatic carbocycles. The average Bonchev–Trinajstić information content (AvgIpc) is 1.82. The van der Waals surface area contributed by atoms with Crippen molar-refractivity contribution in [2.24, 2.45) is 10.8 Å². The largest absolute Gasteiger partial charge is 2.00 e. The van der Waals surface area contributed by atoms with E-state index < -0.39 is 12.2 Å². The molecular weight excluding hydrogens is 223 g/mol. The van der Waals surface area contributed by atoms with Crippen LogP contribution in [0.2, 0.25) is 0 Å². The zero-order chi connectivity index (χ0) is 10.9. The number of rotatable bonds is 2. The third-order valence-corrected chi connectivity index (χ3v) is 2.36. The first-order valence-corrected chi connectivity index (χ1v) is 4.87. The Labute approximate surface area is 98.3 Å². The summed E-state index contributed by atoms with van der Waals surface area (Å²) >= 11 is 0. The minimum atomic E-state index is -0.755. The van der Waals surface area contributed by atoms with Crippen molar-refractivity contribution in [1.82, 2.24) is 0 Å². The Morgan fingerprint density at radius 3 is 1.14 bits per heavy atom. The van der Waals surface area contributed by atoms with Gasteiger partial charge in [0.25, 0.3) is 0 Å². The van der Waals surface area contributed by atoms with E-state index in [0.717, 1.165) is 0 Å². The van der Waals surface area contributed by atoms with Crippen LogP contribution in [-0.4, -0.2) is 12.2 Å². The van der Waals surface area contributed by atoms with Crippen LogP contribution in [0.3, 0.4) is 0 Å². The molecule has 0 saturated carbocycles. The van der Waals surface area contributed by atoms with Crippen molar-refractivity contribution in [2.45, 2.75) is 60.2 Å². The van der Waals surface area contributed by atoms with Crippen LogP contribution in [0, 0.1) is 10.8 Å². The summed E-state index contributed by atoms with van der Waals surface area (Å²) < 4.78 is 0. The maximum atomic E-state index is 11.6. The second-order valence-electron chi connectivity index (χ2n) is 5.95. The first-order chi connectivity index (χ1) is 5.55. The topological polar surface area (TPSA) is 46.1 Å². The predicted molar refractivity (Wildman–Crippen MR) is 51.1 cm³/mol. The van der Waals surface area contributed by atoms with Crippen molar-refractivity contribution >= 4 is 0 Å². The molecule has 0 spiro atoms. The molecule has 0 amide bonds. The Hall–Kier alpha value is 0.426. The third kappa shape index (κ3) is 6.01. The molecule has 0 aliphatic rings. The van der Waals surface area contributed by atoms with Gasteiger partial charge in [-0.2, -0.15) is 0 Å². The van der Waals surface area contributed by atoms with Gasteiger partial charge in [-0.1, -0.05) is 58.8 Å². The van der Waals surface area contributed by atoms with E-state index >= 15 is 0 Å². The molecule has 0 N–H and O–H groups in total. The van der Waals surface area contributed by atoms with Gasteiger partial charge in [0.15, 0.2) is 0 Å². The molecule has 0 aliphatic carbocycles. The molecule has 0 rings (SSSR count). The van der Waals surface area contributed by atoms with E-state index in [0.29, 0.717) is 0 Å². The molecule has 0 aromatic heterocycles. The molecule has 1 radical (unpaired) electrons. The zero-order valence-corrected chi connectivity index (χ0v) is 11.1. The first kappa shape index (κ1) is 16.8. The standard InChI is InChI=1S/C11H22O2.Co/c1-10(2,3)8(12)7-9(13)11(4,5)6;/h8-9H,7H2,1-6H3;/q-2;+2. The van der Waals surface area contributed by atoms with Crippen LogP contribution in [0.5, 0.6) is 0 Å². The van der Waals surface area contributed by atoms with Gasteiger partial charge in [-0.15, -0.1) is 12.2 Å². The average molecular weight is 245 g/mol. The maximum Gasteiger partial charge on any atom is 2.00 e. The van der Waals surface area contributed by atoms with Crippen LogP contribution in [0.1, 0.15) is 48.0 Å². The summed E-state index contributed by atoms with van der Waals surface area (Å²) in [5, 5.41) is 23.2. The van der Waals surface area contributed by atoms with Crippen molar-refractivity contribution in [1.29, 1.82) is 0 Å². The molecule has 0 aliphatic heterocycles. The van der Waals surface area contributed by atoms with Crippen molar-refractivity contribution in [3.63, 3.8) is 0 Å². The van der Waals surface area contributed by atoms with Crippen molar-refractivity contribution in [2.75, 3.05) is 0 Å². The monoisotopic (exact) mass is 245 g/mol. The fraction of sp³-hybridized carbons (Fsp3) is 1.00. The van der Waals surface area contributed by atoms with E-state index in [2.05, 4.69) is 0 Å². The summed E-state index contributed by atoms with van der Waals surface area (Å²) in [6.07, 6.45) is -1.28. The van der Waals surface area contributed by atoms with Gasteiger partial charge in [-0.05, 0) is 0 Å². The van der Waals surface area contributed by atoms with E-state index in [-0.39, 0.29) is 34.0 Å². The smallest absolute Gasteiger partial charge is 0.852 e. The van der Waals surface area contributed by atoms with Crippen molar-refractivity contribution in [3.8, 4) is 0 Å². The van der Waals surface area contributed by atoms with Gasteiger partial charge >= 0.3 is 16.8 Å². The van der Waals surface area contributed by atoms with Crippen LogP contribution < -0.4 is 10.2 Å². The van der Waals surface area contributed by atoms with Gasteiger partial charge < -0.3 is 10.2 Å². The van der Waals surface area contributed by atoms with Gasteiger partial charge in [-0.3, -0.25) is 0 Å². The summed E-state index contributed by atoms with van der Waals surface area (Å²) in [5.41, 5.74) is -0.595. The Morgan fingerprint density at radius 2 is 1.00 bits per heavy atom. The molecule has 2 unspecified atom stereocenters. The summed E-state index contributed by atoms with van der Waals surface area (Å²) in [7, 11) is 0. The van der Waals surface area contributed by atoms with E-state index in [4.69, 9.17) is 0 Å². The molecule has 0 bridgehead atoms. The zero-order valence-electron chi connectivity index (χ0n) is 10.0. The molecule has 2 atom stereocenters. The minimum Gasteiger partial charge on any atom is -0.852 e. The summed E-state index contributed by atoms with van der Waals surface area (Å²) in [5.74, 6) is 0. The molecule has 14 heavy (non-hydrogen) atoms. The molecule has 2 nitrogen and oxygen atoms in total. The third-order valence-electron chi connectivity index (χ3n) is 2.36. The number of hydrogen-bond acceptors (Lipinski definition) is 2. The Bertz CT molecular complexity index is 138.